The molecule has 3 N–H and O–H groups in total. The molecule has 0 bridgehead atoms. The maximum Gasteiger partial charge on any atom is 1.00 e. The monoisotopic (exact) mass is 481 g/mol. The van der Waals surface area contributed by atoms with Crippen LogP contribution in [0.25, 0.3) is 0 Å². The number of rotatable bonds is 7. The van der Waals surface area contributed by atoms with Gasteiger partial charge in [-0.1, -0.05) is 35.9 Å². The summed E-state index contributed by atoms with van der Waals surface area (Å²) in [6, 6.07) is 10.2. The molecule has 1 aliphatic rings. The maximum absolute atomic E-state index is 12.5. The second-order valence-electron chi connectivity index (χ2n) is 6.97. The fourth-order valence-electron chi connectivity index (χ4n) is 3.02. The third kappa shape index (κ3) is 7.06. The molecule has 1 heterocycles. The summed E-state index contributed by atoms with van der Waals surface area (Å²) in [6.07, 6.45) is 2.05. The number of urea groups is 1. The van der Waals surface area contributed by atoms with Gasteiger partial charge in [-0.05, 0) is 29.8 Å². The number of para-hydroxylation sites is 1. The molecule has 33 heavy (non-hydrogen) atoms. The average Bonchev–Trinajstić information content (AvgIpc) is 2.75. The SMILES string of the molecule is CN1C=CC(=O)C(NC(=O)N[C@@H](CC(=O)O)c2cccc(Oc3ccccc3Cl)c2)C1=O.[H-].[Na+]. The van der Waals surface area contributed by atoms with Gasteiger partial charge in [0.15, 0.2) is 11.8 Å². The van der Waals surface area contributed by atoms with Crippen LogP contribution in [0.3, 0.4) is 0 Å². The van der Waals surface area contributed by atoms with E-state index in [4.69, 9.17) is 16.3 Å². The van der Waals surface area contributed by atoms with Crippen LogP contribution in [0.2, 0.25) is 5.02 Å². The topological polar surface area (TPSA) is 125 Å². The van der Waals surface area contributed by atoms with Crippen molar-refractivity contribution in [2.75, 3.05) is 7.05 Å². The minimum Gasteiger partial charge on any atom is -1.00 e. The minimum atomic E-state index is -1.38. The Bertz CT molecular complexity index is 1100. The summed E-state index contributed by atoms with van der Waals surface area (Å²) in [5.74, 6) is -1.53. The first-order chi connectivity index (χ1) is 15.2. The van der Waals surface area contributed by atoms with Crippen LogP contribution in [0, 0.1) is 0 Å². The number of halogens is 1. The molecule has 0 aromatic heterocycles. The number of carboxylic acids is 1. The van der Waals surface area contributed by atoms with Gasteiger partial charge in [-0.2, -0.15) is 0 Å². The zero-order chi connectivity index (χ0) is 23.3. The standard InChI is InChI=1S/C22H20ClN3O6.Na.H/c1-26-10-9-17(27)20(21(26)30)25-22(31)24-16(12-19(28)29)13-5-4-6-14(11-13)32-18-8-3-2-7-15(18)23;;/h2-11,16,20H,12H2,1H3,(H,28,29)(H2,24,25,31);;/q;+1;-1/t16-,20?;;/m0../s1. The van der Waals surface area contributed by atoms with Gasteiger partial charge in [0.2, 0.25) is 0 Å². The van der Waals surface area contributed by atoms with Crippen LogP contribution in [0.4, 0.5) is 4.79 Å². The Morgan fingerprint density at radius 1 is 1.21 bits per heavy atom. The molecule has 0 aliphatic carbocycles. The van der Waals surface area contributed by atoms with E-state index in [0.717, 1.165) is 0 Å². The maximum atomic E-state index is 12.5. The van der Waals surface area contributed by atoms with E-state index in [1.807, 2.05) is 0 Å². The number of amides is 3. The van der Waals surface area contributed by atoms with E-state index >= 15 is 0 Å². The van der Waals surface area contributed by atoms with Crippen LogP contribution in [0.1, 0.15) is 19.5 Å². The fourth-order valence-corrected chi connectivity index (χ4v) is 3.19. The van der Waals surface area contributed by atoms with Gasteiger partial charge >= 0.3 is 41.6 Å². The summed E-state index contributed by atoms with van der Waals surface area (Å²) in [6.45, 7) is 0. The van der Waals surface area contributed by atoms with Crippen molar-refractivity contribution in [1.82, 2.24) is 15.5 Å². The van der Waals surface area contributed by atoms with E-state index in [0.29, 0.717) is 22.1 Å². The summed E-state index contributed by atoms with van der Waals surface area (Å²) in [5, 5.41) is 14.5. The number of carbonyl (C=O) groups is 4. The number of carbonyl (C=O) groups excluding carboxylic acids is 3. The van der Waals surface area contributed by atoms with Crippen molar-refractivity contribution in [3.8, 4) is 11.5 Å². The molecule has 2 aromatic carbocycles. The van der Waals surface area contributed by atoms with Gasteiger partial charge in [-0.3, -0.25) is 14.4 Å². The van der Waals surface area contributed by atoms with E-state index in [1.165, 1.54) is 24.2 Å². The van der Waals surface area contributed by atoms with Crippen molar-refractivity contribution in [2.45, 2.75) is 18.5 Å². The van der Waals surface area contributed by atoms with Crippen LogP contribution < -0.4 is 44.9 Å². The Morgan fingerprint density at radius 2 is 1.94 bits per heavy atom. The Labute approximate surface area is 218 Å². The Kier molecular flexibility index (Phi) is 9.48. The molecule has 0 radical (unpaired) electrons. The molecule has 1 aliphatic heterocycles. The third-order valence-corrected chi connectivity index (χ3v) is 4.94. The first kappa shape index (κ1) is 26.4. The Balaban J connectivity index is 0.00000289. The van der Waals surface area contributed by atoms with Gasteiger partial charge < -0.3 is 26.8 Å². The zero-order valence-electron chi connectivity index (χ0n) is 18.9. The van der Waals surface area contributed by atoms with Crippen LogP contribution in [0.15, 0.2) is 60.8 Å². The number of benzene rings is 2. The molecule has 2 aromatic rings. The normalized spacial score (nSPS) is 15.9. The second kappa shape index (κ2) is 11.9. The molecule has 1 unspecified atom stereocenters. The third-order valence-electron chi connectivity index (χ3n) is 4.63. The van der Waals surface area contributed by atoms with Gasteiger partial charge in [-0.15, -0.1) is 0 Å². The fraction of sp³-hybridized carbons (Fsp3) is 0.182. The van der Waals surface area contributed by atoms with Gasteiger partial charge in [0, 0.05) is 19.3 Å². The van der Waals surface area contributed by atoms with Crippen molar-refractivity contribution in [3.05, 3.63) is 71.4 Å². The number of nitrogens with zero attached hydrogens (tertiary/aromatic N) is 1. The number of ether oxygens (including phenoxy) is 1. The summed E-state index contributed by atoms with van der Waals surface area (Å²) in [7, 11) is 1.45. The number of likely N-dealkylation sites (N-methyl/N-ethyl adjacent to an activating group) is 1. The van der Waals surface area contributed by atoms with Gasteiger partial charge in [0.25, 0.3) is 5.91 Å². The van der Waals surface area contributed by atoms with E-state index in [2.05, 4.69) is 10.6 Å². The molecule has 9 nitrogen and oxygen atoms in total. The quantitative estimate of drug-likeness (QED) is 0.377. The number of carboxylic acid groups (broad SMARTS) is 1. The molecule has 2 atom stereocenters. The van der Waals surface area contributed by atoms with Gasteiger partial charge in [-0.25, -0.2) is 4.79 Å². The van der Waals surface area contributed by atoms with Crippen molar-refractivity contribution in [1.29, 1.82) is 0 Å². The minimum absolute atomic E-state index is 0. The molecule has 0 saturated heterocycles. The Hall–Kier alpha value is -2.85. The molecule has 0 spiro atoms. The van der Waals surface area contributed by atoms with Gasteiger partial charge in [0.05, 0.1) is 17.5 Å². The molecule has 0 fully saturated rings. The van der Waals surface area contributed by atoms with E-state index < -0.39 is 42.2 Å². The second-order valence-corrected chi connectivity index (χ2v) is 7.38. The number of ketones is 1. The van der Waals surface area contributed by atoms with Crippen LogP contribution >= 0.6 is 11.6 Å². The van der Waals surface area contributed by atoms with Crippen molar-refractivity contribution in [2.24, 2.45) is 0 Å². The predicted octanol–water partition coefficient (Wildman–Crippen LogP) is -0.0128. The summed E-state index contributed by atoms with van der Waals surface area (Å²) < 4.78 is 5.76. The van der Waals surface area contributed by atoms with E-state index in [-0.39, 0.29) is 31.0 Å². The smallest absolute Gasteiger partial charge is 1.00 e. The van der Waals surface area contributed by atoms with Crippen LogP contribution in [-0.4, -0.2) is 46.8 Å². The molecular formula is C22H21ClN3NaO6. The largest absolute Gasteiger partial charge is 1.00 e. The average molecular weight is 482 g/mol. The molecule has 11 heteroatoms. The van der Waals surface area contributed by atoms with E-state index in [9.17, 15) is 24.3 Å². The van der Waals surface area contributed by atoms with Crippen LogP contribution in [-0.2, 0) is 14.4 Å². The number of aliphatic carboxylic acids is 1. The molecule has 3 rings (SSSR count). The van der Waals surface area contributed by atoms with E-state index in [1.54, 1.807) is 48.5 Å². The number of hydrogen-bond acceptors (Lipinski definition) is 5. The van der Waals surface area contributed by atoms with Crippen molar-refractivity contribution >= 4 is 35.3 Å². The molecular weight excluding hydrogens is 461 g/mol. The predicted molar refractivity (Wildman–Crippen MR) is 116 cm³/mol. The summed E-state index contributed by atoms with van der Waals surface area (Å²) in [5.41, 5.74) is 0.449. The van der Waals surface area contributed by atoms with Gasteiger partial charge in [0.1, 0.15) is 11.5 Å². The molecule has 168 valence electrons. The van der Waals surface area contributed by atoms with Crippen LogP contribution in [0.5, 0.6) is 11.5 Å². The summed E-state index contributed by atoms with van der Waals surface area (Å²) >= 11 is 6.11. The number of nitrogens with one attached hydrogen (secondary N) is 2. The van der Waals surface area contributed by atoms with Crippen molar-refractivity contribution < 1.29 is 60.0 Å². The first-order valence-corrected chi connectivity index (χ1v) is 9.92. The zero-order valence-corrected chi connectivity index (χ0v) is 20.7. The first-order valence-electron chi connectivity index (χ1n) is 9.54. The molecule has 0 saturated carbocycles. The molecule has 3 amide bonds. The summed E-state index contributed by atoms with van der Waals surface area (Å²) in [4.78, 5) is 49.1. The Morgan fingerprint density at radius 3 is 2.64 bits per heavy atom. The number of hydrogen-bond donors (Lipinski definition) is 3. The van der Waals surface area contributed by atoms with Crippen molar-refractivity contribution in [3.63, 3.8) is 0 Å².